The van der Waals surface area contributed by atoms with Crippen LogP contribution in [0, 0.1) is 11.3 Å². The van der Waals surface area contributed by atoms with Crippen LogP contribution in [0.1, 0.15) is 39.5 Å². The average molecular weight is 194 g/mol. The Labute approximate surface area is 85.3 Å². The molecule has 0 aromatic heterocycles. The van der Waals surface area contributed by atoms with E-state index in [0.29, 0.717) is 12.3 Å². The first-order chi connectivity index (χ1) is 6.50. The number of rotatable bonds is 1. The highest BCUT2D eigenvalue weighted by Gasteiger charge is 2.54. The minimum atomic E-state index is -0.224. The van der Waals surface area contributed by atoms with E-state index >= 15 is 0 Å². The molecular weight excluding hydrogens is 176 g/mol. The second-order valence-electron chi connectivity index (χ2n) is 5.11. The van der Waals surface area contributed by atoms with E-state index in [1.807, 2.05) is 6.08 Å². The third-order valence-corrected chi connectivity index (χ3v) is 4.11. The fourth-order valence-electron chi connectivity index (χ4n) is 3.15. The van der Waals surface area contributed by atoms with E-state index in [0.717, 1.165) is 19.3 Å². The molecule has 0 bridgehead atoms. The molecule has 0 amide bonds. The molecule has 0 aromatic carbocycles. The monoisotopic (exact) mass is 194 g/mol. The zero-order valence-electron chi connectivity index (χ0n) is 9.01. The molecule has 1 saturated carbocycles. The van der Waals surface area contributed by atoms with Gasteiger partial charge in [-0.3, -0.25) is 4.79 Å². The highest BCUT2D eigenvalue weighted by atomic mass is 16.6. The second-order valence-corrected chi connectivity index (χ2v) is 5.11. The molecule has 0 radical (unpaired) electrons. The molecule has 2 nitrogen and oxygen atoms in total. The maximum atomic E-state index is 11.4. The van der Waals surface area contributed by atoms with Gasteiger partial charge in [0.2, 0.25) is 0 Å². The fraction of sp³-hybridized carbons (Fsp3) is 0.750. The van der Waals surface area contributed by atoms with E-state index in [-0.39, 0.29) is 17.0 Å². The van der Waals surface area contributed by atoms with Crippen LogP contribution < -0.4 is 0 Å². The Hall–Kier alpha value is -0.790. The molecule has 1 saturated heterocycles. The van der Waals surface area contributed by atoms with Crippen molar-refractivity contribution in [3.8, 4) is 0 Å². The first-order valence-electron chi connectivity index (χ1n) is 5.36. The summed E-state index contributed by atoms with van der Waals surface area (Å²) in [5.41, 5.74) is -0.141. The number of allylic oxidation sites excluding steroid dienone is 1. The van der Waals surface area contributed by atoms with Crippen molar-refractivity contribution < 1.29 is 9.53 Å². The van der Waals surface area contributed by atoms with Crippen LogP contribution in [-0.2, 0) is 9.53 Å². The molecule has 0 spiro atoms. The minimum absolute atomic E-state index is 0.0347. The van der Waals surface area contributed by atoms with E-state index in [4.69, 9.17) is 4.74 Å². The van der Waals surface area contributed by atoms with Crippen LogP contribution in [0.3, 0.4) is 0 Å². The van der Waals surface area contributed by atoms with Crippen LogP contribution in [-0.4, -0.2) is 11.6 Å². The van der Waals surface area contributed by atoms with Gasteiger partial charge in [-0.25, -0.2) is 0 Å². The van der Waals surface area contributed by atoms with Crippen LogP contribution in [0.25, 0.3) is 0 Å². The van der Waals surface area contributed by atoms with Crippen LogP contribution >= 0.6 is 0 Å². The summed E-state index contributed by atoms with van der Waals surface area (Å²) in [7, 11) is 0. The van der Waals surface area contributed by atoms with E-state index in [2.05, 4.69) is 20.4 Å². The summed E-state index contributed by atoms with van der Waals surface area (Å²) in [5, 5.41) is 0. The van der Waals surface area contributed by atoms with Gasteiger partial charge in [0.05, 0.1) is 6.42 Å². The predicted octanol–water partition coefficient (Wildman–Crippen LogP) is 2.68. The first-order valence-corrected chi connectivity index (χ1v) is 5.36. The summed E-state index contributed by atoms with van der Waals surface area (Å²) in [6.07, 6.45) is 5.85. The maximum Gasteiger partial charge on any atom is 0.306 e. The SMILES string of the molecule is C=C[C@@]1(C)CCC[C@]2(C)OC(=O)C[C@@H]12. The van der Waals surface area contributed by atoms with Gasteiger partial charge in [0, 0.05) is 5.92 Å². The van der Waals surface area contributed by atoms with Crippen LogP contribution in [0.2, 0.25) is 0 Å². The molecule has 1 aliphatic heterocycles. The van der Waals surface area contributed by atoms with Gasteiger partial charge in [-0.15, -0.1) is 6.58 Å². The number of fused-ring (bicyclic) bond motifs is 1. The fourth-order valence-corrected chi connectivity index (χ4v) is 3.15. The standard InChI is InChI=1S/C12H18O2/c1-4-11(2)6-5-7-12(3)9(11)8-10(13)14-12/h4,9H,1,5-8H2,2-3H3/t9-,11-,12-/m0/s1. The van der Waals surface area contributed by atoms with Gasteiger partial charge >= 0.3 is 5.97 Å². The molecule has 0 N–H and O–H groups in total. The molecule has 3 atom stereocenters. The van der Waals surface area contributed by atoms with Crippen molar-refractivity contribution in [1.82, 2.24) is 0 Å². The lowest BCUT2D eigenvalue weighted by atomic mass is 9.61. The number of hydrogen-bond acceptors (Lipinski definition) is 2. The average Bonchev–Trinajstić information content (AvgIpc) is 2.42. The number of carbonyl (C=O) groups is 1. The highest BCUT2D eigenvalue weighted by Crippen LogP contribution is 2.53. The van der Waals surface area contributed by atoms with Gasteiger partial charge in [0.25, 0.3) is 0 Å². The Bertz CT molecular complexity index is 284. The number of carbonyl (C=O) groups excluding carboxylic acids is 1. The summed E-state index contributed by atoms with van der Waals surface area (Å²) in [4.78, 5) is 11.4. The topological polar surface area (TPSA) is 26.3 Å². The lowest BCUT2D eigenvalue weighted by molar-refractivity contribution is -0.151. The van der Waals surface area contributed by atoms with Gasteiger partial charge in [-0.2, -0.15) is 0 Å². The third-order valence-electron chi connectivity index (χ3n) is 4.11. The molecule has 1 aliphatic carbocycles. The first kappa shape index (κ1) is 9.75. The minimum Gasteiger partial charge on any atom is -0.459 e. The number of ether oxygens (including phenoxy) is 1. The maximum absolute atomic E-state index is 11.4. The van der Waals surface area contributed by atoms with E-state index in [1.165, 1.54) is 0 Å². The predicted molar refractivity (Wildman–Crippen MR) is 54.8 cm³/mol. The molecule has 14 heavy (non-hydrogen) atoms. The lowest BCUT2D eigenvalue weighted by Crippen LogP contribution is -2.44. The quantitative estimate of drug-likeness (QED) is 0.474. The van der Waals surface area contributed by atoms with Crippen molar-refractivity contribution in [1.29, 1.82) is 0 Å². The van der Waals surface area contributed by atoms with E-state index in [1.54, 1.807) is 0 Å². The zero-order valence-corrected chi connectivity index (χ0v) is 9.01. The Morgan fingerprint density at radius 1 is 1.50 bits per heavy atom. The van der Waals surface area contributed by atoms with Crippen LogP contribution in [0.5, 0.6) is 0 Å². The molecule has 78 valence electrons. The molecular formula is C12H18O2. The summed E-state index contributed by atoms with van der Waals surface area (Å²) in [6, 6.07) is 0. The highest BCUT2D eigenvalue weighted by molar-refractivity contribution is 5.73. The molecule has 2 aliphatic rings. The van der Waals surface area contributed by atoms with Crippen molar-refractivity contribution in [3.05, 3.63) is 12.7 Å². The Morgan fingerprint density at radius 2 is 2.21 bits per heavy atom. The van der Waals surface area contributed by atoms with Crippen molar-refractivity contribution in [3.63, 3.8) is 0 Å². The van der Waals surface area contributed by atoms with E-state index < -0.39 is 0 Å². The Kier molecular flexibility index (Phi) is 1.98. The summed E-state index contributed by atoms with van der Waals surface area (Å²) >= 11 is 0. The smallest absolute Gasteiger partial charge is 0.306 e. The molecule has 2 heteroatoms. The van der Waals surface area contributed by atoms with Crippen molar-refractivity contribution >= 4 is 5.97 Å². The molecule has 2 fully saturated rings. The van der Waals surface area contributed by atoms with Crippen molar-refractivity contribution in [2.45, 2.75) is 45.1 Å². The van der Waals surface area contributed by atoms with Gasteiger partial charge in [0.1, 0.15) is 5.60 Å². The van der Waals surface area contributed by atoms with E-state index in [9.17, 15) is 4.79 Å². The Morgan fingerprint density at radius 3 is 2.86 bits per heavy atom. The zero-order chi connectivity index (χ0) is 10.4. The normalized spacial score (nSPS) is 47.0. The molecule has 1 heterocycles. The Balaban J connectivity index is 2.34. The van der Waals surface area contributed by atoms with Crippen molar-refractivity contribution in [2.24, 2.45) is 11.3 Å². The van der Waals surface area contributed by atoms with Gasteiger partial charge < -0.3 is 4.74 Å². The van der Waals surface area contributed by atoms with Crippen LogP contribution in [0.15, 0.2) is 12.7 Å². The lowest BCUT2D eigenvalue weighted by Gasteiger charge is -2.45. The molecule has 0 aromatic rings. The summed E-state index contributed by atoms with van der Waals surface area (Å²) in [5.74, 6) is 0.293. The summed E-state index contributed by atoms with van der Waals surface area (Å²) < 4.78 is 5.46. The van der Waals surface area contributed by atoms with Gasteiger partial charge in [0.15, 0.2) is 0 Å². The van der Waals surface area contributed by atoms with Gasteiger partial charge in [-0.05, 0) is 31.6 Å². The third kappa shape index (κ3) is 1.20. The molecule has 2 rings (SSSR count). The summed E-state index contributed by atoms with van der Waals surface area (Å²) in [6.45, 7) is 8.18. The van der Waals surface area contributed by atoms with Crippen LogP contribution in [0.4, 0.5) is 0 Å². The second kappa shape index (κ2) is 2.85. The largest absolute Gasteiger partial charge is 0.459 e. The number of esters is 1. The van der Waals surface area contributed by atoms with Crippen molar-refractivity contribution in [2.75, 3.05) is 0 Å². The van der Waals surface area contributed by atoms with Gasteiger partial charge in [-0.1, -0.05) is 13.0 Å². The number of hydrogen-bond donors (Lipinski definition) is 0. The molecule has 0 unspecified atom stereocenters.